The van der Waals surface area contributed by atoms with Gasteiger partial charge in [-0.05, 0) is 0 Å². The second-order valence-electron chi connectivity index (χ2n) is 4.94. The quantitative estimate of drug-likeness (QED) is 0.806. The van der Waals surface area contributed by atoms with E-state index in [-0.39, 0.29) is 6.61 Å². The Labute approximate surface area is 116 Å². The van der Waals surface area contributed by atoms with Crippen LogP contribution in [0, 0.1) is 0 Å². The molecule has 2 heterocycles. The van der Waals surface area contributed by atoms with Crippen LogP contribution in [0.5, 0.6) is 0 Å². The maximum Gasteiger partial charge on any atom is 0.186 e. The van der Waals surface area contributed by atoms with E-state index in [1.165, 1.54) is 7.11 Å². The number of rotatable bonds is 2. The van der Waals surface area contributed by atoms with Crippen LogP contribution in [0.3, 0.4) is 0 Å². The van der Waals surface area contributed by atoms with Gasteiger partial charge in [-0.3, -0.25) is 0 Å². The SMILES string of the molecule is COC1O[C@@H]2COC(c3ccccc3)O[C@@H]2[C@H](O)[C@H]1O. The van der Waals surface area contributed by atoms with Crippen molar-refractivity contribution in [1.82, 2.24) is 0 Å². The van der Waals surface area contributed by atoms with Crippen molar-refractivity contribution >= 4 is 0 Å². The van der Waals surface area contributed by atoms with E-state index in [0.29, 0.717) is 0 Å². The molecule has 6 atom stereocenters. The zero-order chi connectivity index (χ0) is 14.1. The van der Waals surface area contributed by atoms with Crippen LogP contribution < -0.4 is 0 Å². The molecule has 2 N–H and O–H groups in total. The Morgan fingerprint density at radius 3 is 2.55 bits per heavy atom. The first-order valence-electron chi connectivity index (χ1n) is 6.57. The van der Waals surface area contributed by atoms with Crippen LogP contribution in [0.15, 0.2) is 30.3 Å². The van der Waals surface area contributed by atoms with E-state index in [1.807, 2.05) is 30.3 Å². The average molecular weight is 282 g/mol. The molecule has 1 aromatic rings. The average Bonchev–Trinajstić information content (AvgIpc) is 2.51. The summed E-state index contributed by atoms with van der Waals surface area (Å²) in [6.07, 6.45) is -4.76. The fourth-order valence-electron chi connectivity index (χ4n) is 2.55. The predicted octanol–water partition coefficient (Wildman–Crippen LogP) is 0.194. The monoisotopic (exact) mass is 282 g/mol. The number of aliphatic hydroxyl groups is 2. The number of benzene rings is 1. The van der Waals surface area contributed by atoms with Gasteiger partial charge in [0.05, 0.1) is 6.61 Å². The first-order chi connectivity index (χ1) is 9.70. The van der Waals surface area contributed by atoms with Gasteiger partial charge in [-0.25, -0.2) is 0 Å². The largest absolute Gasteiger partial charge is 0.387 e. The molecule has 2 saturated heterocycles. The van der Waals surface area contributed by atoms with E-state index < -0.39 is 37.0 Å². The Morgan fingerprint density at radius 1 is 1.10 bits per heavy atom. The molecule has 2 aliphatic heterocycles. The normalized spacial score (nSPS) is 41.1. The van der Waals surface area contributed by atoms with E-state index in [1.54, 1.807) is 0 Å². The third kappa shape index (κ3) is 2.46. The summed E-state index contributed by atoms with van der Waals surface area (Å²) >= 11 is 0. The molecule has 110 valence electrons. The van der Waals surface area contributed by atoms with Gasteiger partial charge in [-0.1, -0.05) is 30.3 Å². The van der Waals surface area contributed by atoms with Gasteiger partial charge >= 0.3 is 0 Å². The van der Waals surface area contributed by atoms with Crippen LogP contribution in [0.25, 0.3) is 0 Å². The summed E-state index contributed by atoms with van der Waals surface area (Å²) in [4.78, 5) is 0. The number of aliphatic hydroxyl groups excluding tert-OH is 2. The van der Waals surface area contributed by atoms with Crippen LogP contribution in [-0.2, 0) is 18.9 Å². The molecule has 2 fully saturated rings. The summed E-state index contributed by atoms with van der Waals surface area (Å²) in [7, 11) is 1.41. The zero-order valence-electron chi connectivity index (χ0n) is 11.1. The summed E-state index contributed by atoms with van der Waals surface area (Å²) in [6, 6.07) is 9.45. The lowest BCUT2D eigenvalue weighted by atomic mass is 9.98. The van der Waals surface area contributed by atoms with E-state index in [2.05, 4.69) is 0 Å². The number of ether oxygens (including phenoxy) is 4. The maximum absolute atomic E-state index is 10.1. The molecule has 0 aliphatic carbocycles. The fraction of sp³-hybridized carbons (Fsp3) is 0.571. The van der Waals surface area contributed by atoms with E-state index >= 15 is 0 Å². The molecule has 0 spiro atoms. The molecular formula is C14H18O6. The molecule has 6 heteroatoms. The lowest BCUT2D eigenvalue weighted by Gasteiger charge is -2.45. The molecule has 0 bridgehead atoms. The fourth-order valence-corrected chi connectivity index (χ4v) is 2.55. The molecule has 3 rings (SSSR count). The molecule has 0 saturated carbocycles. The molecular weight excluding hydrogens is 264 g/mol. The summed E-state index contributed by atoms with van der Waals surface area (Å²) in [5, 5.41) is 20.1. The van der Waals surface area contributed by atoms with Crippen molar-refractivity contribution in [3.8, 4) is 0 Å². The van der Waals surface area contributed by atoms with Crippen molar-refractivity contribution in [3.63, 3.8) is 0 Å². The highest BCUT2D eigenvalue weighted by atomic mass is 16.7. The molecule has 0 amide bonds. The van der Waals surface area contributed by atoms with Gasteiger partial charge in [0, 0.05) is 12.7 Å². The highest BCUT2D eigenvalue weighted by molar-refractivity contribution is 5.16. The number of hydrogen-bond acceptors (Lipinski definition) is 6. The van der Waals surface area contributed by atoms with Crippen molar-refractivity contribution in [2.75, 3.05) is 13.7 Å². The predicted molar refractivity (Wildman–Crippen MR) is 67.7 cm³/mol. The van der Waals surface area contributed by atoms with Crippen LogP contribution in [0.1, 0.15) is 11.9 Å². The number of methoxy groups -OCH3 is 1. The van der Waals surface area contributed by atoms with Gasteiger partial charge in [-0.2, -0.15) is 0 Å². The summed E-state index contributed by atoms with van der Waals surface area (Å²) < 4.78 is 21.9. The van der Waals surface area contributed by atoms with Crippen LogP contribution >= 0.6 is 0 Å². The summed E-state index contributed by atoms with van der Waals surface area (Å²) in [5.74, 6) is 0. The first-order valence-corrected chi connectivity index (χ1v) is 6.57. The third-order valence-corrected chi connectivity index (χ3v) is 3.64. The van der Waals surface area contributed by atoms with Crippen molar-refractivity contribution in [1.29, 1.82) is 0 Å². The van der Waals surface area contributed by atoms with Crippen LogP contribution in [0.2, 0.25) is 0 Å². The maximum atomic E-state index is 10.1. The second kappa shape index (κ2) is 5.77. The molecule has 1 aromatic carbocycles. The van der Waals surface area contributed by atoms with E-state index in [0.717, 1.165) is 5.56 Å². The minimum Gasteiger partial charge on any atom is -0.387 e. The smallest absolute Gasteiger partial charge is 0.186 e. The molecule has 0 radical (unpaired) electrons. The van der Waals surface area contributed by atoms with Gasteiger partial charge in [-0.15, -0.1) is 0 Å². The van der Waals surface area contributed by atoms with Crippen molar-refractivity contribution in [3.05, 3.63) is 35.9 Å². The van der Waals surface area contributed by atoms with Gasteiger partial charge < -0.3 is 29.2 Å². The highest BCUT2D eigenvalue weighted by Gasteiger charge is 2.48. The standard InChI is InChI=1S/C14H18O6/c1-17-14-11(16)10(15)12-9(19-14)7-18-13(20-12)8-5-3-2-4-6-8/h2-6,9-16H,7H2,1H3/t9-,10-,11-,12+,13?,14?/m1/s1. The van der Waals surface area contributed by atoms with Crippen molar-refractivity contribution in [2.45, 2.75) is 37.0 Å². The van der Waals surface area contributed by atoms with Gasteiger partial charge in [0.1, 0.15) is 24.4 Å². The van der Waals surface area contributed by atoms with Gasteiger partial charge in [0.15, 0.2) is 12.6 Å². The Hall–Kier alpha value is -1.02. The van der Waals surface area contributed by atoms with Crippen LogP contribution in [0.4, 0.5) is 0 Å². The molecule has 6 nitrogen and oxygen atoms in total. The zero-order valence-corrected chi connectivity index (χ0v) is 11.1. The van der Waals surface area contributed by atoms with E-state index in [4.69, 9.17) is 18.9 Å². The lowest BCUT2D eigenvalue weighted by molar-refractivity contribution is -0.358. The van der Waals surface area contributed by atoms with Gasteiger partial charge in [0.2, 0.25) is 0 Å². The Balaban J connectivity index is 1.74. The highest BCUT2D eigenvalue weighted by Crippen LogP contribution is 2.33. The van der Waals surface area contributed by atoms with Crippen LogP contribution in [-0.4, -0.2) is 54.6 Å². The molecule has 2 unspecified atom stereocenters. The number of hydrogen-bond donors (Lipinski definition) is 2. The van der Waals surface area contributed by atoms with E-state index in [9.17, 15) is 10.2 Å². The van der Waals surface area contributed by atoms with Crippen molar-refractivity contribution in [2.24, 2.45) is 0 Å². The Bertz CT molecular complexity index is 437. The summed E-state index contributed by atoms with van der Waals surface area (Å²) in [6.45, 7) is 0.272. The molecule has 20 heavy (non-hydrogen) atoms. The number of fused-ring (bicyclic) bond motifs is 1. The minimum atomic E-state index is -1.14. The first kappa shape index (κ1) is 13.9. The minimum absolute atomic E-state index is 0.272. The second-order valence-corrected chi connectivity index (χ2v) is 4.94. The summed E-state index contributed by atoms with van der Waals surface area (Å²) in [5.41, 5.74) is 0.863. The third-order valence-electron chi connectivity index (χ3n) is 3.64. The van der Waals surface area contributed by atoms with Crippen molar-refractivity contribution < 1.29 is 29.2 Å². The van der Waals surface area contributed by atoms with Gasteiger partial charge in [0.25, 0.3) is 0 Å². The molecule has 0 aromatic heterocycles. The Kier molecular flexibility index (Phi) is 4.02. The Morgan fingerprint density at radius 2 is 1.85 bits per heavy atom. The topological polar surface area (TPSA) is 77.4 Å². The lowest BCUT2D eigenvalue weighted by Crippen LogP contribution is -2.62. The molecule has 2 aliphatic rings.